The summed E-state index contributed by atoms with van der Waals surface area (Å²) in [5, 5.41) is 3.90. The van der Waals surface area contributed by atoms with Crippen molar-refractivity contribution in [3.05, 3.63) is 50.3 Å². The Balaban J connectivity index is 2.15. The van der Waals surface area contributed by atoms with E-state index in [1.165, 1.54) is 11.3 Å². The van der Waals surface area contributed by atoms with Crippen LogP contribution >= 0.6 is 11.3 Å². The topological polar surface area (TPSA) is 72.2 Å². The molecule has 0 saturated heterocycles. The number of hydrogen-bond acceptors (Lipinski definition) is 5. The molecule has 0 bridgehead atoms. The number of rotatable bonds is 4. The predicted octanol–water partition coefficient (Wildman–Crippen LogP) is 5.05. The van der Waals surface area contributed by atoms with Crippen LogP contribution in [0, 0.1) is 41.5 Å². The van der Waals surface area contributed by atoms with E-state index in [1.54, 1.807) is 6.07 Å². The Morgan fingerprint density at radius 2 is 1.58 bits per heavy atom. The fourth-order valence-corrected chi connectivity index (χ4v) is 6.35. The first-order chi connectivity index (χ1) is 12.1. The van der Waals surface area contributed by atoms with Crippen molar-refractivity contribution in [1.29, 1.82) is 0 Å². The van der Waals surface area contributed by atoms with Gasteiger partial charge in [0.2, 0.25) is 0 Å². The molecule has 0 unspecified atom stereocenters. The van der Waals surface area contributed by atoms with Gasteiger partial charge in [0.05, 0.1) is 16.9 Å². The van der Waals surface area contributed by atoms with Crippen LogP contribution in [0.5, 0.6) is 0 Å². The van der Waals surface area contributed by atoms with E-state index in [9.17, 15) is 8.42 Å². The van der Waals surface area contributed by atoms with Crippen molar-refractivity contribution in [2.24, 2.45) is 0 Å². The zero-order valence-corrected chi connectivity index (χ0v) is 17.4. The fraction of sp³-hybridized carbons (Fsp3) is 0.316. The largest absolute Gasteiger partial charge is 0.356 e. The lowest BCUT2D eigenvalue weighted by molar-refractivity contribution is 0.426. The van der Waals surface area contributed by atoms with Gasteiger partial charge in [-0.1, -0.05) is 22.9 Å². The minimum absolute atomic E-state index is 0.260. The molecule has 0 spiro atoms. The van der Waals surface area contributed by atoms with E-state index in [2.05, 4.69) is 9.88 Å². The molecule has 2 aromatic heterocycles. The van der Waals surface area contributed by atoms with Crippen molar-refractivity contribution < 1.29 is 12.9 Å². The van der Waals surface area contributed by atoms with Gasteiger partial charge >= 0.3 is 0 Å². The average Bonchev–Trinajstić information content (AvgIpc) is 3.06. The van der Waals surface area contributed by atoms with Crippen LogP contribution in [0.2, 0.25) is 0 Å². The van der Waals surface area contributed by atoms with E-state index < -0.39 is 10.0 Å². The van der Waals surface area contributed by atoms with Crippen LogP contribution in [0.1, 0.15) is 32.1 Å². The SMILES string of the molecule is Cc1cc(C)c(NS(=O)(=O)c2c(C)sc(C)c2-c2cc(C)no2)c(C)c1. The van der Waals surface area contributed by atoms with Crippen molar-refractivity contribution in [3.8, 4) is 11.3 Å². The molecule has 1 aromatic carbocycles. The number of thiophene rings is 1. The Bertz CT molecular complexity index is 1070. The van der Waals surface area contributed by atoms with Crippen molar-refractivity contribution in [1.82, 2.24) is 5.16 Å². The van der Waals surface area contributed by atoms with Crippen LogP contribution in [-0.2, 0) is 10.0 Å². The summed E-state index contributed by atoms with van der Waals surface area (Å²) in [5.41, 5.74) is 4.81. The number of aryl methyl sites for hydroxylation is 6. The fourth-order valence-electron chi connectivity index (χ4n) is 3.28. The van der Waals surface area contributed by atoms with E-state index in [-0.39, 0.29) is 4.90 Å². The van der Waals surface area contributed by atoms with Gasteiger partial charge in [0, 0.05) is 15.8 Å². The smallest absolute Gasteiger partial charge is 0.263 e. The third-order valence-electron chi connectivity index (χ3n) is 4.26. The van der Waals surface area contributed by atoms with Crippen molar-refractivity contribution in [2.45, 2.75) is 46.4 Å². The first-order valence-corrected chi connectivity index (χ1v) is 10.5. The van der Waals surface area contributed by atoms with Crippen molar-refractivity contribution in [3.63, 3.8) is 0 Å². The van der Waals surface area contributed by atoms with E-state index in [0.717, 1.165) is 26.4 Å². The molecule has 0 radical (unpaired) electrons. The van der Waals surface area contributed by atoms with Gasteiger partial charge in [-0.25, -0.2) is 8.42 Å². The highest BCUT2D eigenvalue weighted by atomic mass is 32.2. The summed E-state index contributed by atoms with van der Waals surface area (Å²) >= 11 is 1.44. The lowest BCUT2D eigenvalue weighted by atomic mass is 10.1. The Hall–Kier alpha value is -2.12. The molecule has 26 heavy (non-hydrogen) atoms. The molecule has 0 amide bonds. The van der Waals surface area contributed by atoms with Crippen LogP contribution in [0.15, 0.2) is 27.6 Å². The van der Waals surface area contributed by atoms with Gasteiger partial charge in [-0.05, 0) is 52.7 Å². The van der Waals surface area contributed by atoms with Crippen molar-refractivity contribution >= 4 is 27.0 Å². The van der Waals surface area contributed by atoms with Gasteiger partial charge in [-0.3, -0.25) is 4.72 Å². The molecular weight excluding hydrogens is 368 g/mol. The van der Waals surface area contributed by atoms with Crippen LogP contribution in [0.4, 0.5) is 5.69 Å². The zero-order valence-electron chi connectivity index (χ0n) is 15.7. The zero-order chi connectivity index (χ0) is 19.2. The Morgan fingerprint density at radius 1 is 0.962 bits per heavy atom. The lowest BCUT2D eigenvalue weighted by Gasteiger charge is -2.15. The normalized spacial score (nSPS) is 11.8. The van der Waals surface area contributed by atoms with Gasteiger partial charge in [-0.15, -0.1) is 11.3 Å². The molecule has 0 aliphatic rings. The quantitative estimate of drug-likeness (QED) is 0.676. The summed E-state index contributed by atoms with van der Waals surface area (Å²) in [5.74, 6) is 0.474. The summed E-state index contributed by atoms with van der Waals surface area (Å²) in [6.07, 6.45) is 0. The summed E-state index contributed by atoms with van der Waals surface area (Å²) in [7, 11) is -3.78. The van der Waals surface area contributed by atoms with Crippen LogP contribution in [0.25, 0.3) is 11.3 Å². The summed E-state index contributed by atoms with van der Waals surface area (Å²) in [6, 6.07) is 5.70. The minimum atomic E-state index is -3.78. The third kappa shape index (κ3) is 3.29. The summed E-state index contributed by atoms with van der Waals surface area (Å²) in [4.78, 5) is 1.87. The van der Waals surface area contributed by atoms with E-state index in [4.69, 9.17) is 4.52 Å². The van der Waals surface area contributed by atoms with E-state index in [0.29, 0.717) is 22.7 Å². The van der Waals surface area contributed by atoms with Gasteiger partial charge in [0.1, 0.15) is 4.90 Å². The molecule has 2 heterocycles. The number of nitrogens with zero attached hydrogens (tertiary/aromatic N) is 1. The second-order valence-electron chi connectivity index (χ2n) is 6.63. The first kappa shape index (κ1) is 18.7. The third-order valence-corrected chi connectivity index (χ3v) is 6.93. The number of sulfonamides is 1. The number of nitrogens with one attached hydrogen (secondary N) is 1. The van der Waals surface area contributed by atoms with Crippen LogP contribution in [-0.4, -0.2) is 13.6 Å². The average molecular weight is 391 g/mol. The van der Waals surface area contributed by atoms with Gasteiger partial charge in [-0.2, -0.15) is 0 Å². The highest BCUT2D eigenvalue weighted by Crippen LogP contribution is 2.40. The molecule has 1 N–H and O–H groups in total. The number of aromatic nitrogens is 1. The predicted molar refractivity (Wildman–Crippen MR) is 105 cm³/mol. The first-order valence-electron chi connectivity index (χ1n) is 8.24. The molecule has 3 aromatic rings. The van der Waals surface area contributed by atoms with E-state index in [1.807, 2.05) is 53.7 Å². The molecular formula is C19H22N2O3S2. The van der Waals surface area contributed by atoms with Gasteiger partial charge in [0.25, 0.3) is 10.0 Å². The second kappa shape index (κ2) is 6.55. The molecule has 0 atom stereocenters. The van der Waals surface area contributed by atoms with Crippen LogP contribution in [0.3, 0.4) is 0 Å². The highest BCUT2D eigenvalue weighted by molar-refractivity contribution is 7.93. The molecule has 0 saturated carbocycles. The standard InChI is InChI=1S/C19H22N2O3S2/c1-10-7-11(2)18(12(3)8-10)21-26(22,23)19-15(6)25-14(5)17(19)16-9-13(4)20-24-16/h7-9,21H,1-6H3. The maximum atomic E-state index is 13.3. The monoisotopic (exact) mass is 390 g/mol. The maximum absolute atomic E-state index is 13.3. The van der Waals surface area contributed by atoms with E-state index >= 15 is 0 Å². The summed E-state index contributed by atoms with van der Waals surface area (Å²) < 4.78 is 34.7. The Labute approximate surface area is 158 Å². The number of benzene rings is 1. The number of anilines is 1. The minimum Gasteiger partial charge on any atom is -0.356 e. The number of hydrogen-bond donors (Lipinski definition) is 1. The molecule has 5 nitrogen and oxygen atoms in total. The lowest BCUT2D eigenvalue weighted by Crippen LogP contribution is -2.16. The molecule has 7 heteroatoms. The summed E-state index contributed by atoms with van der Waals surface area (Å²) in [6.45, 7) is 11.3. The second-order valence-corrected chi connectivity index (χ2v) is 9.68. The Morgan fingerprint density at radius 3 is 2.12 bits per heavy atom. The van der Waals surface area contributed by atoms with Gasteiger partial charge in [0.15, 0.2) is 5.76 Å². The molecule has 0 fully saturated rings. The van der Waals surface area contributed by atoms with Crippen LogP contribution < -0.4 is 4.72 Å². The molecule has 138 valence electrons. The maximum Gasteiger partial charge on any atom is 0.263 e. The van der Waals surface area contributed by atoms with Crippen molar-refractivity contribution in [2.75, 3.05) is 4.72 Å². The Kier molecular flexibility index (Phi) is 4.71. The van der Waals surface area contributed by atoms with Gasteiger partial charge < -0.3 is 4.52 Å². The molecule has 0 aliphatic heterocycles. The molecule has 0 aliphatic carbocycles. The molecule has 3 rings (SSSR count). The highest BCUT2D eigenvalue weighted by Gasteiger charge is 2.29.